The summed E-state index contributed by atoms with van der Waals surface area (Å²) >= 11 is 0. The van der Waals surface area contributed by atoms with Gasteiger partial charge in [-0.1, -0.05) is 53.0 Å². The van der Waals surface area contributed by atoms with Crippen molar-refractivity contribution in [1.82, 2.24) is 15.1 Å². The van der Waals surface area contributed by atoms with Crippen LogP contribution in [-0.4, -0.2) is 73.0 Å². The normalized spacial score (nSPS) is 15.0. The Morgan fingerprint density at radius 3 is 2.06 bits per heavy atom. The van der Waals surface area contributed by atoms with Gasteiger partial charge in [-0.25, -0.2) is 4.79 Å². The first-order chi connectivity index (χ1) is 16.2. The number of likely N-dealkylation sites (N-methyl/N-ethyl adjacent to an activating group) is 1. The quantitative estimate of drug-likeness (QED) is 0.225. The molecule has 0 aromatic rings. The number of carbonyl (C=O) groups excluding carboxylic acids is 3. The molecule has 1 aliphatic heterocycles. The van der Waals surface area contributed by atoms with Gasteiger partial charge in [-0.3, -0.25) is 14.5 Å². The second-order valence-electron chi connectivity index (χ2n) is 10.3. The van der Waals surface area contributed by atoms with Crippen LogP contribution in [0.3, 0.4) is 0 Å². The van der Waals surface area contributed by atoms with Crippen LogP contribution in [0, 0.1) is 24.2 Å². The van der Waals surface area contributed by atoms with Gasteiger partial charge in [-0.15, -0.1) is 6.42 Å². The van der Waals surface area contributed by atoms with E-state index >= 15 is 0 Å². The first-order valence-electron chi connectivity index (χ1n) is 12.8. The van der Waals surface area contributed by atoms with Crippen LogP contribution in [0.15, 0.2) is 11.6 Å². The van der Waals surface area contributed by atoms with Crippen molar-refractivity contribution in [2.24, 2.45) is 11.8 Å². The van der Waals surface area contributed by atoms with E-state index in [2.05, 4.69) is 50.8 Å². The molecule has 2 amide bonds. The Morgan fingerprint density at radius 1 is 1.14 bits per heavy atom. The molecule has 1 fully saturated rings. The smallest absolute Gasteiger partial charge is 0.333 e. The summed E-state index contributed by atoms with van der Waals surface area (Å²) in [5.41, 5.74) is 0.439. The van der Waals surface area contributed by atoms with Crippen molar-refractivity contribution in [2.45, 2.75) is 93.2 Å². The lowest BCUT2D eigenvalue weighted by atomic mass is 10.00. The van der Waals surface area contributed by atoms with Gasteiger partial charge in [-0.05, 0) is 65.5 Å². The maximum Gasteiger partial charge on any atom is 0.333 e. The highest BCUT2D eigenvalue weighted by Gasteiger charge is 2.25. The van der Waals surface area contributed by atoms with Crippen molar-refractivity contribution in [3.8, 4) is 12.3 Å². The minimum absolute atomic E-state index is 0.0274. The van der Waals surface area contributed by atoms with Gasteiger partial charge in [0.2, 0.25) is 12.3 Å². The zero-order chi connectivity index (χ0) is 27.6. The van der Waals surface area contributed by atoms with Gasteiger partial charge in [0.05, 0.1) is 24.7 Å². The van der Waals surface area contributed by atoms with E-state index in [1.165, 1.54) is 37.3 Å². The topological polar surface area (TPSA) is 79.0 Å². The number of nitrogens with one attached hydrogen (secondary N) is 1. The fourth-order valence-electron chi connectivity index (χ4n) is 3.28. The fourth-order valence-corrected chi connectivity index (χ4v) is 3.28. The third-order valence-corrected chi connectivity index (χ3v) is 5.38. The van der Waals surface area contributed by atoms with Crippen molar-refractivity contribution in [3.05, 3.63) is 11.6 Å². The molecular formula is C28H51N3O4. The number of amides is 2. The maximum absolute atomic E-state index is 11.9. The van der Waals surface area contributed by atoms with Crippen LogP contribution in [0.5, 0.6) is 0 Å². The first kappa shape index (κ1) is 34.8. The standard InChI is InChI=1S/C14H24N2O4.C10H17N.C4H10/c1-6-20-14(19)11(4)7-12(10(2)3)16(5)13(18)8-15-9-17;1-4-10(2,3)11-8-6-5-7-9-11;1-4(2)3/h7,9-10,12H,6,8H2,1-5H3,(H,15,17);1H,5-9H2,2-3H3;4H,1-3H3/b11-7+;;/t12-;;/m1../s1. The summed E-state index contributed by atoms with van der Waals surface area (Å²) in [5.74, 6) is 3.20. The highest BCUT2D eigenvalue weighted by molar-refractivity contribution is 5.88. The Balaban J connectivity index is 0. The Kier molecular flexibility index (Phi) is 18.8. The zero-order valence-electron chi connectivity index (χ0n) is 23.9. The lowest BCUT2D eigenvalue weighted by molar-refractivity contribution is -0.138. The van der Waals surface area contributed by atoms with Crippen LogP contribution in [0.2, 0.25) is 0 Å². The molecule has 1 atom stereocenters. The maximum atomic E-state index is 11.9. The van der Waals surface area contributed by atoms with Gasteiger partial charge >= 0.3 is 5.97 Å². The second kappa shape index (κ2) is 18.9. The molecule has 1 heterocycles. The molecule has 202 valence electrons. The summed E-state index contributed by atoms with van der Waals surface area (Å²) in [6.45, 7) is 20.7. The Hall–Kier alpha value is -2.33. The van der Waals surface area contributed by atoms with E-state index in [9.17, 15) is 14.4 Å². The first-order valence-corrected chi connectivity index (χ1v) is 12.8. The zero-order valence-corrected chi connectivity index (χ0v) is 23.9. The van der Waals surface area contributed by atoms with Crippen molar-refractivity contribution >= 4 is 18.3 Å². The van der Waals surface area contributed by atoms with E-state index in [4.69, 9.17) is 11.2 Å². The molecular weight excluding hydrogens is 442 g/mol. The molecule has 1 N–H and O–H groups in total. The summed E-state index contributed by atoms with van der Waals surface area (Å²) in [6.07, 6.45) is 11.6. The van der Waals surface area contributed by atoms with E-state index in [-0.39, 0.29) is 35.9 Å². The number of hydrogen-bond donors (Lipinski definition) is 1. The number of carbonyl (C=O) groups is 3. The van der Waals surface area contributed by atoms with E-state index in [0.29, 0.717) is 18.6 Å². The van der Waals surface area contributed by atoms with Crippen molar-refractivity contribution in [2.75, 3.05) is 33.3 Å². The van der Waals surface area contributed by atoms with Gasteiger partial charge in [0, 0.05) is 12.6 Å². The van der Waals surface area contributed by atoms with Gasteiger partial charge < -0.3 is 15.0 Å². The summed E-state index contributed by atoms with van der Waals surface area (Å²) in [5, 5.41) is 2.34. The van der Waals surface area contributed by atoms with E-state index in [1.807, 2.05) is 13.8 Å². The summed E-state index contributed by atoms with van der Waals surface area (Å²) in [7, 11) is 1.65. The number of piperidine rings is 1. The second-order valence-corrected chi connectivity index (χ2v) is 10.3. The van der Waals surface area contributed by atoms with Gasteiger partial charge in [0.1, 0.15) is 0 Å². The third kappa shape index (κ3) is 16.1. The number of nitrogens with zero attached hydrogens (tertiary/aromatic N) is 2. The number of ether oxygens (including phenoxy) is 1. The molecule has 0 radical (unpaired) electrons. The number of terminal acetylenes is 1. The molecule has 0 unspecified atom stereocenters. The van der Waals surface area contributed by atoms with Crippen molar-refractivity contribution < 1.29 is 19.1 Å². The number of rotatable bonds is 9. The molecule has 1 saturated heterocycles. The summed E-state index contributed by atoms with van der Waals surface area (Å²) in [4.78, 5) is 37.6. The lowest BCUT2D eigenvalue weighted by Gasteiger charge is -2.37. The van der Waals surface area contributed by atoms with Crippen molar-refractivity contribution in [3.63, 3.8) is 0 Å². The average molecular weight is 494 g/mol. The molecule has 0 bridgehead atoms. The fraction of sp³-hybridized carbons (Fsp3) is 0.750. The molecule has 1 rings (SSSR count). The highest BCUT2D eigenvalue weighted by atomic mass is 16.5. The molecule has 0 aromatic carbocycles. The Morgan fingerprint density at radius 2 is 1.66 bits per heavy atom. The molecule has 7 nitrogen and oxygen atoms in total. The lowest BCUT2D eigenvalue weighted by Crippen LogP contribution is -2.45. The number of esters is 1. The summed E-state index contributed by atoms with van der Waals surface area (Å²) in [6, 6.07) is -0.236. The monoisotopic (exact) mass is 493 g/mol. The molecule has 0 spiro atoms. The predicted molar refractivity (Wildman–Crippen MR) is 145 cm³/mol. The number of hydrogen-bond acceptors (Lipinski definition) is 5. The van der Waals surface area contributed by atoms with Crippen LogP contribution in [0.25, 0.3) is 0 Å². The Labute approximate surface area is 215 Å². The largest absolute Gasteiger partial charge is 0.463 e. The van der Waals surface area contributed by atoms with Crippen LogP contribution in [0.4, 0.5) is 0 Å². The third-order valence-electron chi connectivity index (χ3n) is 5.38. The number of likely N-dealkylation sites (tertiary alicyclic amines) is 1. The Bertz CT molecular complexity index is 684. The van der Waals surface area contributed by atoms with Crippen LogP contribution in [0.1, 0.15) is 81.6 Å². The van der Waals surface area contributed by atoms with Crippen LogP contribution < -0.4 is 5.32 Å². The summed E-state index contributed by atoms with van der Waals surface area (Å²) < 4.78 is 4.92. The van der Waals surface area contributed by atoms with E-state index < -0.39 is 0 Å². The van der Waals surface area contributed by atoms with Crippen molar-refractivity contribution in [1.29, 1.82) is 0 Å². The molecule has 1 aliphatic rings. The molecule has 0 saturated carbocycles. The molecule has 35 heavy (non-hydrogen) atoms. The minimum Gasteiger partial charge on any atom is -0.463 e. The van der Waals surface area contributed by atoms with Crippen LogP contribution >= 0.6 is 0 Å². The minimum atomic E-state index is -0.384. The van der Waals surface area contributed by atoms with Crippen LogP contribution in [-0.2, 0) is 19.1 Å². The highest BCUT2D eigenvalue weighted by Crippen LogP contribution is 2.19. The van der Waals surface area contributed by atoms with Gasteiger partial charge in [-0.2, -0.15) is 0 Å². The average Bonchev–Trinajstić information content (AvgIpc) is 2.80. The van der Waals surface area contributed by atoms with Gasteiger partial charge in [0.15, 0.2) is 0 Å². The van der Waals surface area contributed by atoms with E-state index in [1.54, 1.807) is 27.0 Å². The SMILES string of the molecule is C#CC(C)(C)N1CCCCC1.CC(C)C.CCOC(=O)/C(C)=C/[C@H](C(C)C)N(C)C(=O)CNC=O. The molecule has 0 aliphatic carbocycles. The molecule has 7 heteroatoms. The molecule has 0 aromatic heterocycles. The van der Waals surface area contributed by atoms with Gasteiger partial charge in [0.25, 0.3) is 0 Å². The van der Waals surface area contributed by atoms with E-state index in [0.717, 1.165) is 5.92 Å². The predicted octanol–water partition coefficient (Wildman–Crippen LogP) is 4.27.